The number of anilines is 1. The molecule has 21 heavy (non-hydrogen) atoms. The van der Waals surface area contributed by atoms with Gasteiger partial charge in [0.1, 0.15) is 0 Å². The van der Waals surface area contributed by atoms with E-state index in [9.17, 15) is 0 Å². The van der Waals surface area contributed by atoms with E-state index in [1.54, 1.807) is 6.07 Å². The lowest BCUT2D eigenvalue weighted by Gasteiger charge is -2.41. The summed E-state index contributed by atoms with van der Waals surface area (Å²) >= 11 is 6.13. The SMILES string of the molecule is NC(=NO)c1ccc(Cl)cc1N1CCC2(CCCC2)CC1. The third kappa shape index (κ3) is 2.82. The molecule has 114 valence electrons. The molecule has 3 rings (SSSR count). The van der Waals surface area contributed by atoms with Crippen LogP contribution in [0.15, 0.2) is 23.4 Å². The fourth-order valence-electron chi connectivity index (χ4n) is 3.88. The van der Waals surface area contributed by atoms with Gasteiger partial charge in [-0.05, 0) is 49.3 Å². The van der Waals surface area contributed by atoms with Gasteiger partial charge in [0, 0.05) is 29.4 Å². The summed E-state index contributed by atoms with van der Waals surface area (Å²) in [6.07, 6.45) is 7.98. The molecule has 0 bridgehead atoms. The highest BCUT2D eigenvalue weighted by molar-refractivity contribution is 6.31. The summed E-state index contributed by atoms with van der Waals surface area (Å²) in [5, 5.41) is 12.8. The molecule has 1 spiro atoms. The molecule has 5 heteroatoms. The first-order valence-electron chi connectivity index (χ1n) is 7.66. The van der Waals surface area contributed by atoms with Crippen molar-refractivity contribution in [2.24, 2.45) is 16.3 Å². The van der Waals surface area contributed by atoms with Gasteiger partial charge in [0.2, 0.25) is 0 Å². The van der Waals surface area contributed by atoms with Crippen LogP contribution in [0.1, 0.15) is 44.1 Å². The van der Waals surface area contributed by atoms with Gasteiger partial charge >= 0.3 is 0 Å². The summed E-state index contributed by atoms with van der Waals surface area (Å²) in [7, 11) is 0. The number of nitrogens with two attached hydrogens (primary N) is 1. The molecule has 0 atom stereocenters. The van der Waals surface area contributed by atoms with Crippen LogP contribution in [0.3, 0.4) is 0 Å². The topological polar surface area (TPSA) is 61.9 Å². The normalized spacial score (nSPS) is 22.0. The third-order valence-electron chi connectivity index (χ3n) is 5.17. The average molecular weight is 308 g/mol. The van der Waals surface area contributed by atoms with Crippen LogP contribution in [-0.2, 0) is 0 Å². The summed E-state index contributed by atoms with van der Waals surface area (Å²) < 4.78 is 0. The van der Waals surface area contributed by atoms with E-state index in [0.29, 0.717) is 10.4 Å². The van der Waals surface area contributed by atoms with Crippen molar-refractivity contribution in [2.45, 2.75) is 38.5 Å². The molecule has 1 saturated heterocycles. The molecule has 0 amide bonds. The highest BCUT2D eigenvalue weighted by atomic mass is 35.5. The predicted molar refractivity (Wildman–Crippen MR) is 86.3 cm³/mol. The van der Waals surface area contributed by atoms with Crippen LogP contribution < -0.4 is 10.6 Å². The van der Waals surface area contributed by atoms with Gasteiger partial charge in [-0.15, -0.1) is 0 Å². The summed E-state index contributed by atoms with van der Waals surface area (Å²) in [4.78, 5) is 2.32. The Hall–Kier alpha value is -1.42. The zero-order chi connectivity index (χ0) is 14.9. The minimum Gasteiger partial charge on any atom is -0.409 e. The van der Waals surface area contributed by atoms with Crippen molar-refractivity contribution in [3.63, 3.8) is 0 Å². The first-order valence-corrected chi connectivity index (χ1v) is 8.04. The Balaban J connectivity index is 1.83. The van der Waals surface area contributed by atoms with Crippen LogP contribution in [0.5, 0.6) is 0 Å². The maximum atomic E-state index is 8.96. The monoisotopic (exact) mass is 307 g/mol. The van der Waals surface area contributed by atoms with Crippen LogP contribution in [0.2, 0.25) is 5.02 Å². The van der Waals surface area contributed by atoms with Crippen molar-refractivity contribution < 1.29 is 5.21 Å². The van der Waals surface area contributed by atoms with Gasteiger partial charge in [0.15, 0.2) is 5.84 Å². The van der Waals surface area contributed by atoms with Crippen LogP contribution in [0, 0.1) is 5.41 Å². The number of benzene rings is 1. The lowest BCUT2D eigenvalue weighted by Crippen LogP contribution is -2.39. The Morgan fingerprint density at radius 1 is 1.19 bits per heavy atom. The number of oxime groups is 1. The van der Waals surface area contributed by atoms with Crippen LogP contribution in [0.4, 0.5) is 5.69 Å². The quantitative estimate of drug-likeness (QED) is 0.380. The molecular formula is C16H22ClN3O. The maximum Gasteiger partial charge on any atom is 0.172 e. The van der Waals surface area contributed by atoms with E-state index >= 15 is 0 Å². The maximum absolute atomic E-state index is 8.96. The Morgan fingerprint density at radius 2 is 1.86 bits per heavy atom. The second-order valence-corrected chi connectivity index (χ2v) is 6.78. The van der Waals surface area contributed by atoms with Crippen molar-refractivity contribution in [3.8, 4) is 0 Å². The number of halogens is 1. The minimum absolute atomic E-state index is 0.141. The molecule has 3 N–H and O–H groups in total. The van der Waals surface area contributed by atoms with Gasteiger partial charge in [0.25, 0.3) is 0 Å². The highest BCUT2D eigenvalue weighted by Crippen LogP contribution is 2.47. The molecule has 0 aromatic heterocycles. The lowest BCUT2D eigenvalue weighted by molar-refractivity contribution is 0.226. The zero-order valence-corrected chi connectivity index (χ0v) is 12.9. The molecule has 4 nitrogen and oxygen atoms in total. The Kier molecular flexibility index (Phi) is 3.98. The molecule has 1 heterocycles. The predicted octanol–water partition coefficient (Wildman–Crippen LogP) is 3.60. The van der Waals surface area contributed by atoms with Gasteiger partial charge in [-0.3, -0.25) is 0 Å². The van der Waals surface area contributed by atoms with Crippen molar-refractivity contribution in [1.82, 2.24) is 0 Å². The standard InChI is InChI=1S/C16H22ClN3O/c17-12-3-4-13(15(18)19-21)14(11-12)20-9-7-16(8-10-20)5-1-2-6-16/h3-4,11,21H,1-2,5-10H2,(H2,18,19). The van der Waals surface area contributed by atoms with E-state index in [2.05, 4.69) is 10.1 Å². The van der Waals surface area contributed by atoms with Crippen LogP contribution in [0.25, 0.3) is 0 Å². The van der Waals surface area contributed by atoms with Crippen molar-refractivity contribution in [2.75, 3.05) is 18.0 Å². The summed E-state index contributed by atoms with van der Waals surface area (Å²) in [5.74, 6) is 0.141. The molecule has 1 aromatic rings. The molecule has 0 radical (unpaired) electrons. The first-order chi connectivity index (χ1) is 10.1. The Labute approximate surface area is 130 Å². The molecule has 1 aliphatic heterocycles. The van der Waals surface area contributed by atoms with E-state index in [1.165, 1.54) is 38.5 Å². The first kappa shape index (κ1) is 14.5. The molecule has 0 unspecified atom stereocenters. The second-order valence-electron chi connectivity index (χ2n) is 6.34. The number of piperidine rings is 1. The van der Waals surface area contributed by atoms with Gasteiger partial charge in [0.05, 0.1) is 0 Å². The van der Waals surface area contributed by atoms with E-state index in [0.717, 1.165) is 24.3 Å². The number of rotatable bonds is 2. The Morgan fingerprint density at radius 3 is 2.48 bits per heavy atom. The number of nitrogens with zero attached hydrogens (tertiary/aromatic N) is 2. The van der Waals surface area contributed by atoms with E-state index < -0.39 is 0 Å². The second kappa shape index (κ2) is 5.76. The molecule has 1 aromatic carbocycles. The average Bonchev–Trinajstić information content (AvgIpc) is 2.95. The number of hydrogen-bond acceptors (Lipinski definition) is 3. The summed E-state index contributed by atoms with van der Waals surface area (Å²) in [6.45, 7) is 2.04. The van der Waals surface area contributed by atoms with E-state index in [4.69, 9.17) is 22.5 Å². The van der Waals surface area contributed by atoms with Crippen LogP contribution >= 0.6 is 11.6 Å². The smallest absolute Gasteiger partial charge is 0.172 e. The molecular weight excluding hydrogens is 286 g/mol. The number of hydrogen-bond donors (Lipinski definition) is 2. The summed E-state index contributed by atoms with van der Waals surface area (Å²) in [6, 6.07) is 5.52. The third-order valence-corrected chi connectivity index (χ3v) is 5.41. The van der Waals surface area contributed by atoms with Crippen molar-refractivity contribution in [3.05, 3.63) is 28.8 Å². The minimum atomic E-state index is 0.141. The van der Waals surface area contributed by atoms with E-state index in [1.807, 2.05) is 12.1 Å². The molecule has 1 saturated carbocycles. The highest BCUT2D eigenvalue weighted by Gasteiger charge is 2.37. The molecule has 2 aliphatic rings. The molecule has 2 fully saturated rings. The fraction of sp³-hybridized carbons (Fsp3) is 0.562. The fourth-order valence-corrected chi connectivity index (χ4v) is 4.05. The van der Waals surface area contributed by atoms with Gasteiger partial charge in [-0.25, -0.2) is 0 Å². The lowest BCUT2D eigenvalue weighted by atomic mass is 9.77. The van der Waals surface area contributed by atoms with Gasteiger partial charge < -0.3 is 15.8 Å². The largest absolute Gasteiger partial charge is 0.409 e. The van der Waals surface area contributed by atoms with Gasteiger partial charge in [-0.1, -0.05) is 29.6 Å². The summed E-state index contributed by atoms with van der Waals surface area (Å²) in [5.41, 5.74) is 8.10. The van der Waals surface area contributed by atoms with Crippen LogP contribution in [-0.4, -0.2) is 24.1 Å². The number of amidine groups is 1. The van der Waals surface area contributed by atoms with E-state index in [-0.39, 0.29) is 5.84 Å². The van der Waals surface area contributed by atoms with Gasteiger partial charge in [-0.2, -0.15) is 0 Å². The van der Waals surface area contributed by atoms with Crippen molar-refractivity contribution in [1.29, 1.82) is 0 Å². The Bertz CT molecular complexity index is 542. The van der Waals surface area contributed by atoms with Crippen molar-refractivity contribution >= 4 is 23.1 Å². The zero-order valence-electron chi connectivity index (χ0n) is 12.2. The molecule has 1 aliphatic carbocycles.